The van der Waals surface area contributed by atoms with Crippen molar-refractivity contribution in [3.05, 3.63) is 63.9 Å². The van der Waals surface area contributed by atoms with Gasteiger partial charge in [-0.15, -0.1) is 0 Å². The Balaban J connectivity index is 1.61. The SMILES string of the molecule is CCS(=O)(=O)c1ccc(Cl)cc1CNC(=O)c1ccc(CN2CC[C@H](CNS(C)(=O)=O)C2)c(F)c1. The molecule has 1 fully saturated rings. The van der Waals surface area contributed by atoms with E-state index >= 15 is 0 Å². The van der Waals surface area contributed by atoms with Crippen LogP contribution in [0, 0.1) is 11.7 Å². The molecular formula is C23H29ClFN3O5S2. The first-order valence-corrected chi connectivity index (χ1v) is 15.0. The van der Waals surface area contributed by atoms with Crippen molar-refractivity contribution in [1.82, 2.24) is 14.9 Å². The van der Waals surface area contributed by atoms with Crippen molar-refractivity contribution in [3.63, 3.8) is 0 Å². The second-order valence-corrected chi connectivity index (χ2v) is 13.2. The van der Waals surface area contributed by atoms with Gasteiger partial charge in [0, 0.05) is 42.3 Å². The zero-order chi connectivity index (χ0) is 25.8. The maximum absolute atomic E-state index is 14.8. The largest absolute Gasteiger partial charge is 0.348 e. The van der Waals surface area contributed by atoms with E-state index < -0.39 is 31.6 Å². The lowest BCUT2D eigenvalue weighted by Gasteiger charge is -2.17. The van der Waals surface area contributed by atoms with Crippen LogP contribution >= 0.6 is 11.6 Å². The molecule has 0 radical (unpaired) electrons. The number of nitrogens with one attached hydrogen (secondary N) is 2. The monoisotopic (exact) mass is 545 g/mol. The molecule has 192 valence electrons. The fourth-order valence-electron chi connectivity index (χ4n) is 3.97. The summed E-state index contributed by atoms with van der Waals surface area (Å²) in [6.07, 6.45) is 1.93. The highest BCUT2D eigenvalue weighted by molar-refractivity contribution is 7.91. The van der Waals surface area contributed by atoms with Crippen LogP contribution in [0.1, 0.15) is 34.8 Å². The molecule has 12 heteroatoms. The van der Waals surface area contributed by atoms with E-state index in [4.69, 9.17) is 11.6 Å². The molecule has 1 amide bonds. The number of carbonyl (C=O) groups excluding carboxylic acids is 1. The molecule has 2 aromatic carbocycles. The number of benzene rings is 2. The highest BCUT2D eigenvalue weighted by atomic mass is 35.5. The van der Waals surface area contributed by atoms with Gasteiger partial charge in [0.25, 0.3) is 5.91 Å². The number of nitrogens with zero attached hydrogens (tertiary/aromatic N) is 1. The van der Waals surface area contributed by atoms with Crippen molar-refractivity contribution in [2.75, 3.05) is 31.6 Å². The Kier molecular flexibility index (Phi) is 8.92. The quantitative estimate of drug-likeness (QED) is 0.474. The van der Waals surface area contributed by atoms with Gasteiger partial charge in [0.1, 0.15) is 5.82 Å². The van der Waals surface area contributed by atoms with Crippen molar-refractivity contribution in [3.8, 4) is 0 Å². The molecule has 2 N–H and O–H groups in total. The molecule has 0 aliphatic carbocycles. The molecule has 0 aromatic heterocycles. The van der Waals surface area contributed by atoms with Crippen LogP contribution < -0.4 is 10.0 Å². The van der Waals surface area contributed by atoms with Gasteiger partial charge in [0.15, 0.2) is 9.84 Å². The normalized spacial score (nSPS) is 17.0. The van der Waals surface area contributed by atoms with Crippen molar-refractivity contribution in [1.29, 1.82) is 0 Å². The smallest absolute Gasteiger partial charge is 0.251 e. The van der Waals surface area contributed by atoms with E-state index in [2.05, 4.69) is 10.0 Å². The molecule has 0 spiro atoms. The summed E-state index contributed by atoms with van der Waals surface area (Å²) in [7, 11) is -6.75. The van der Waals surface area contributed by atoms with Crippen LogP contribution in [0.15, 0.2) is 41.3 Å². The summed E-state index contributed by atoms with van der Waals surface area (Å²) in [6, 6.07) is 8.62. The molecule has 35 heavy (non-hydrogen) atoms. The molecule has 3 rings (SSSR count). The average molecular weight is 546 g/mol. The lowest BCUT2D eigenvalue weighted by Crippen LogP contribution is -2.30. The first-order valence-electron chi connectivity index (χ1n) is 11.1. The zero-order valence-corrected chi connectivity index (χ0v) is 21.9. The van der Waals surface area contributed by atoms with Gasteiger partial charge in [-0.3, -0.25) is 9.69 Å². The Morgan fingerprint density at radius 3 is 2.54 bits per heavy atom. The second-order valence-electron chi connectivity index (χ2n) is 8.65. The Hall–Kier alpha value is -2.05. The van der Waals surface area contributed by atoms with Crippen LogP contribution in [0.4, 0.5) is 4.39 Å². The topological polar surface area (TPSA) is 113 Å². The highest BCUT2D eigenvalue weighted by Gasteiger charge is 2.24. The molecule has 1 saturated heterocycles. The van der Waals surface area contributed by atoms with Crippen LogP contribution in [-0.2, 0) is 33.0 Å². The number of amides is 1. The molecule has 0 bridgehead atoms. The van der Waals surface area contributed by atoms with Gasteiger partial charge in [-0.1, -0.05) is 24.6 Å². The summed E-state index contributed by atoms with van der Waals surface area (Å²) >= 11 is 6.01. The van der Waals surface area contributed by atoms with Crippen LogP contribution in [0.5, 0.6) is 0 Å². The lowest BCUT2D eigenvalue weighted by molar-refractivity contribution is 0.0950. The van der Waals surface area contributed by atoms with E-state index in [9.17, 15) is 26.0 Å². The molecule has 1 heterocycles. The fourth-order valence-corrected chi connectivity index (χ4v) is 5.82. The number of sulfone groups is 1. The van der Waals surface area contributed by atoms with E-state index in [0.29, 0.717) is 35.8 Å². The second kappa shape index (κ2) is 11.3. The Bertz CT molecular complexity index is 1300. The Morgan fingerprint density at radius 2 is 1.89 bits per heavy atom. The molecule has 0 unspecified atom stereocenters. The third-order valence-corrected chi connectivity index (χ3v) is 8.65. The molecule has 1 aliphatic heterocycles. The zero-order valence-electron chi connectivity index (χ0n) is 19.6. The first kappa shape index (κ1) is 27.5. The van der Waals surface area contributed by atoms with Crippen molar-refractivity contribution < 1.29 is 26.0 Å². The van der Waals surface area contributed by atoms with E-state index in [-0.39, 0.29) is 28.7 Å². The number of carbonyl (C=O) groups is 1. The summed E-state index contributed by atoms with van der Waals surface area (Å²) in [5.41, 5.74) is 0.910. The Morgan fingerprint density at radius 1 is 1.14 bits per heavy atom. The minimum absolute atomic E-state index is 0.0754. The third kappa shape index (κ3) is 7.71. The van der Waals surface area contributed by atoms with Crippen molar-refractivity contribution in [2.45, 2.75) is 31.3 Å². The Labute approximate surface area is 210 Å². The predicted molar refractivity (Wildman–Crippen MR) is 133 cm³/mol. The molecule has 1 atom stereocenters. The molecule has 2 aromatic rings. The van der Waals surface area contributed by atoms with E-state index in [1.165, 1.54) is 31.2 Å². The molecule has 8 nitrogen and oxygen atoms in total. The minimum atomic E-state index is -3.51. The first-order chi connectivity index (χ1) is 16.4. The summed E-state index contributed by atoms with van der Waals surface area (Å²) in [4.78, 5) is 14.8. The summed E-state index contributed by atoms with van der Waals surface area (Å²) in [6.45, 7) is 3.53. The number of rotatable bonds is 10. The molecule has 1 aliphatic rings. The standard InChI is InChI=1S/C23H29ClFN3O5S2/c1-3-35(32,33)22-7-6-20(24)10-19(22)13-26-23(29)17-4-5-18(21(25)11-17)15-28-9-8-16(14-28)12-27-34(2,30)31/h4-7,10-11,16,27H,3,8-9,12-15H2,1-2H3,(H,26,29)/t16-/m1/s1. The van der Waals surface area contributed by atoms with Gasteiger partial charge in [0.2, 0.25) is 10.0 Å². The number of hydrogen-bond donors (Lipinski definition) is 2. The van der Waals surface area contributed by atoms with Gasteiger partial charge in [-0.05, 0) is 54.8 Å². The summed E-state index contributed by atoms with van der Waals surface area (Å²) < 4.78 is 64.5. The van der Waals surface area contributed by atoms with Gasteiger partial charge in [0.05, 0.1) is 16.9 Å². The van der Waals surface area contributed by atoms with E-state index in [0.717, 1.165) is 25.3 Å². The van der Waals surface area contributed by atoms with Crippen LogP contribution in [-0.4, -0.2) is 59.3 Å². The lowest BCUT2D eigenvalue weighted by atomic mass is 10.1. The minimum Gasteiger partial charge on any atom is -0.348 e. The van der Waals surface area contributed by atoms with Crippen molar-refractivity contribution in [2.24, 2.45) is 5.92 Å². The summed E-state index contributed by atoms with van der Waals surface area (Å²) in [5.74, 6) is -0.990. The number of sulfonamides is 1. The van der Waals surface area contributed by atoms with Crippen LogP contribution in [0.3, 0.4) is 0 Å². The molecule has 0 saturated carbocycles. The van der Waals surface area contributed by atoms with Gasteiger partial charge in [-0.25, -0.2) is 25.9 Å². The highest BCUT2D eigenvalue weighted by Crippen LogP contribution is 2.23. The number of likely N-dealkylation sites (tertiary alicyclic amines) is 1. The van der Waals surface area contributed by atoms with Crippen molar-refractivity contribution >= 4 is 37.4 Å². The van der Waals surface area contributed by atoms with Crippen LogP contribution in [0.25, 0.3) is 0 Å². The van der Waals surface area contributed by atoms with Crippen LogP contribution in [0.2, 0.25) is 5.02 Å². The fraction of sp³-hybridized carbons (Fsp3) is 0.435. The van der Waals surface area contributed by atoms with Gasteiger partial charge >= 0.3 is 0 Å². The maximum Gasteiger partial charge on any atom is 0.251 e. The van der Waals surface area contributed by atoms with E-state index in [1.807, 2.05) is 4.90 Å². The number of hydrogen-bond acceptors (Lipinski definition) is 6. The number of halogens is 2. The maximum atomic E-state index is 14.8. The molecular weight excluding hydrogens is 517 g/mol. The van der Waals surface area contributed by atoms with Gasteiger partial charge < -0.3 is 5.32 Å². The predicted octanol–water partition coefficient (Wildman–Crippen LogP) is 2.57. The third-order valence-electron chi connectivity index (χ3n) is 5.89. The average Bonchev–Trinajstić information content (AvgIpc) is 3.24. The van der Waals surface area contributed by atoms with Gasteiger partial charge in [-0.2, -0.15) is 0 Å². The van der Waals surface area contributed by atoms with E-state index in [1.54, 1.807) is 6.07 Å². The summed E-state index contributed by atoms with van der Waals surface area (Å²) in [5, 5.41) is 2.98.